The number of piperazine rings is 1. The molecule has 0 spiro atoms. The normalized spacial score (nSPS) is 15.8. The first kappa shape index (κ1) is 17.8. The van der Waals surface area contributed by atoms with E-state index in [4.69, 9.17) is 11.6 Å². The van der Waals surface area contributed by atoms with Crippen LogP contribution in [0.4, 0.5) is 5.69 Å². The predicted octanol–water partition coefficient (Wildman–Crippen LogP) is 2.71. The van der Waals surface area contributed by atoms with Gasteiger partial charge in [-0.25, -0.2) is 0 Å². The summed E-state index contributed by atoms with van der Waals surface area (Å²) in [6.45, 7) is 7.14. The Morgan fingerprint density at radius 3 is 2.48 bits per heavy atom. The maximum absolute atomic E-state index is 12.6. The molecule has 0 bridgehead atoms. The number of hydrogen-bond acceptors (Lipinski definition) is 3. The molecule has 1 N–H and O–H groups in total. The van der Waals surface area contributed by atoms with Gasteiger partial charge in [0.15, 0.2) is 0 Å². The Labute approximate surface area is 142 Å². The summed E-state index contributed by atoms with van der Waals surface area (Å²) in [5, 5.41) is 3.24. The highest BCUT2D eigenvalue weighted by molar-refractivity contribution is 6.33. The second-order valence-corrected chi connectivity index (χ2v) is 6.84. The summed E-state index contributed by atoms with van der Waals surface area (Å²) in [6.07, 6.45) is 0.424. The van der Waals surface area contributed by atoms with E-state index in [1.54, 1.807) is 18.2 Å². The number of hydrogen-bond donors (Lipinski definition) is 1. The van der Waals surface area contributed by atoms with E-state index in [-0.39, 0.29) is 17.7 Å². The monoisotopic (exact) mass is 337 g/mol. The maximum Gasteiger partial charge on any atom is 0.254 e. The minimum Gasteiger partial charge on any atom is -0.336 e. The van der Waals surface area contributed by atoms with Gasteiger partial charge >= 0.3 is 0 Å². The van der Waals surface area contributed by atoms with Crippen molar-refractivity contribution in [1.82, 2.24) is 9.80 Å². The predicted molar refractivity (Wildman–Crippen MR) is 92.9 cm³/mol. The summed E-state index contributed by atoms with van der Waals surface area (Å²) in [6, 6.07) is 5.04. The van der Waals surface area contributed by atoms with Crippen molar-refractivity contribution in [2.45, 2.75) is 20.3 Å². The summed E-state index contributed by atoms with van der Waals surface area (Å²) in [5.74, 6) is 0.157. The summed E-state index contributed by atoms with van der Waals surface area (Å²) < 4.78 is 0. The first-order chi connectivity index (χ1) is 10.9. The zero-order valence-electron chi connectivity index (χ0n) is 13.9. The number of amides is 2. The van der Waals surface area contributed by atoms with Gasteiger partial charge in [0.1, 0.15) is 0 Å². The molecule has 0 atom stereocenters. The molecule has 5 nitrogen and oxygen atoms in total. The maximum atomic E-state index is 12.6. The molecule has 2 amide bonds. The fourth-order valence-corrected chi connectivity index (χ4v) is 2.68. The Morgan fingerprint density at radius 1 is 1.22 bits per heavy atom. The van der Waals surface area contributed by atoms with E-state index >= 15 is 0 Å². The first-order valence-electron chi connectivity index (χ1n) is 7.94. The lowest BCUT2D eigenvalue weighted by molar-refractivity contribution is -0.116. The van der Waals surface area contributed by atoms with Crippen LogP contribution in [0, 0.1) is 5.92 Å². The highest BCUT2D eigenvalue weighted by atomic mass is 35.5. The van der Waals surface area contributed by atoms with Crippen LogP contribution in [0.15, 0.2) is 18.2 Å². The third kappa shape index (κ3) is 4.94. The van der Waals surface area contributed by atoms with E-state index < -0.39 is 0 Å². The van der Waals surface area contributed by atoms with E-state index in [0.29, 0.717) is 35.8 Å². The van der Waals surface area contributed by atoms with Gasteiger partial charge in [0.05, 0.1) is 10.7 Å². The number of benzene rings is 1. The third-order valence-corrected chi connectivity index (χ3v) is 4.20. The quantitative estimate of drug-likeness (QED) is 0.919. The Morgan fingerprint density at radius 2 is 1.87 bits per heavy atom. The molecule has 0 unspecified atom stereocenters. The number of halogens is 1. The molecular formula is C17H24ClN3O2. The number of nitrogens with zero attached hydrogens (tertiary/aromatic N) is 2. The van der Waals surface area contributed by atoms with Crippen molar-refractivity contribution >= 4 is 29.1 Å². The van der Waals surface area contributed by atoms with Crippen LogP contribution >= 0.6 is 11.6 Å². The van der Waals surface area contributed by atoms with Gasteiger partial charge in [0, 0.05) is 38.2 Å². The highest BCUT2D eigenvalue weighted by Crippen LogP contribution is 2.24. The van der Waals surface area contributed by atoms with Crippen LogP contribution in [0.25, 0.3) is 0 Å². The van der Waals surface area contributed by atoms with Crippen LogP contribution in [-0.2, 0) is 4.79 Å². The lowest BCUT2D eigenvalue weighted by Crippen LogP contribution is -2.47. The van der Waals surface area contributed by atoms with E-state index in [2.05, 4.69) is 10.2 Å². The molecule has 1 heterocycles. The van der Waals surface area contributed by atoms with Crippen molar-refractivity contribution in [2.75, 3.05) is 38.5 Å². The zero-order chi connectivity index (χ0) is 17.0. The van der Waals surface area contributed by atoms with Crippen LogP contribution < -0.4 is 5.32 Å². The standard InChI is InChI=1S/C17H24ClN3O2/c1-12(2)10-16(22)19-15-11-13(4-5-14(15)18)17(23)21-8-6-20(3)7-9-21/h4-5,11-12H,6-10H2,1-3H3,(H,19,22). The second-order valence-electron chi connectivity index (χ2n) is 6.44. The summed E-state index contributed by atoms with van der Waals surface area (Å²) >= 11 is 6.14. The molecule has 2 rings (SSSR count). The fourth-order valence-electron chi connectivity index (χ4n) is 2.52. The number of likely N-dealkylation sites (N-methyl/N-ethyl adjacent to an activating group) is 1. The lowest BCUT2D eigenvalue weighted by Gasteiger charge is -2.32. The molecule has 0 aliphatic carbocycles. The molecule has 1 saturated heterocycles. The first-order valence-corrected chi connectivity index (χ1v) is 8.32. The molecule has 1 aromatic rings. The molecule has 0 saturated carbocycles. The fraction of sp³-hybridized carbons (Fsp3) is 0.529. The van der Waals surface area contributed by atoms with Gasteiger partial charge in [-0.2, -0.15) is 0 Å². The molecule has 0 radical (unpaired) electrons. The summed E-state index contributed by atoms with van der Waals surface area (Å²) in [4.78, 5) is 28.5. The highest BCUT2D eigenvalue weighted by Gasteiger charge is 2.21. The van der Waals surface area contributed by atoms with Crippen LogP contribution in [-0.4, -0.2) is 54.8 Å². The number of anilines is 1. The molecule has 126 valence electrons. The molecule has 1 aromatic carbocycles. The van der Waals surface area contributed by atoms with Gasteiger partial charge in [-0.15, -0.1) is 0 Å². The Kier molecular flexibility index (Phi) is 6.02. The van der Waals surface area contributed by atoms with Gasteiger partial charge in [-0.3, -0.25) is 9.59 Å². The van der Waals surface area contributed by atoms with Crippen LogP contribution in [0.1, 0.15) is 30.6 Å². The Bertz CT molecular complexity index is 581. The topological polar surface area (TPSA) is 52.7 Å². The minimum atomic E-state index is -0.0916. The van der Waals surface area contributed by atoms with Gasteiger partial charge in [-0.1, -0.05) is 25.4 Å². The molecule has 0 aromatic heterocycles. The summed E-state index contributed by atoms with van der Waals surface area (Å²) in [7, 11) is 2.05. The largest absolute Gasteiger partial charge is 0.336 e. The van der Waals surface area contributed by atoms with Crippen molar-refractivity contribution in [3.05, 3.63) is 28.8 Å². The smallest absolute Gasteiger partial charge is 0.254 e. The van der Waals surface area contributed by atoms with Crippen molar-refractivity contribution < 1.29 is 9.59 Å². The van der Waals surface area contributed by atoms with E-state index in [1.807, 2.05) is 25.8 Å². The van der Waals surface area contributed by atoms with Crippen LogP contribution in [0.3, 0.4) is 0 Å². The average molecular weight is 338 g/mol. The average Bonchev–Trinajstić information content (AvgIpc) is 2.49. The number of nitrogens with one attached hydrogen (secondary N) is 1. The molecule has 23 heavy (non-hydrogen) atoms. The lowest BCUT2D eigenvalue weighted by atomic mass is 10.1. The minimum absolute atomic E-state index is 0.0193. The van der Waals surface area contributed by atoms with E-state index in [0.717, 1.165) is 13.1 Å². The number of carbonyl (C=O) groups is 2. The van der Waals surface area contributed by atoms with Crippen molar-refractivity contribution in [1.29, 1.82) is 0 Å². The zero-order valence-corrected chi connectivity index (χ0v) is 14.7. The third-order valence-electron chi connectivity index (χ3n) is 3.87. The second kappa shape index (κ2) is 7.79. The van der Waals surface area contributed by atoms with Gasteiger partial charge in [0.25, 0.3) is 5.91 Å². The molecular weight excluding hydrogens is 314 g/mol. The van der Waals surface area contributed by atoms with Crippen LogP contribution in [0.2, 0.25) is 5.02 Å². The van der Waals surface area contributed by atoms with Crippen molar-refractivity contribution in [2.24, 2.45) is 5.92 Å². The SMILES string of the molecule is CC(C)CC(=O)Nc1cc(C(=O)N2CCN(C)CC2)ccc1Cl. The van der Waals surface area contributed by atoms with Crippen molar-refractivity contribution in [3.8, 4) is 0 Å². The number of rotatable bonds is 4. The van der Waals surface area contributed by atoms with E-state index in [1.165, 1.54) is 0 Å². The molecule has 6 heteroatoms. The Balaban J connectivity index is 2.10. The van der Waals surface area contributed by atoms with Gasteiger partial charge in [0.2, 0.25) is 5.91 Å². The molecule has 1 fully saturated rings. The summed E-state index contributed by atoms with van der Waals surface area (Å²) in [5.41, 5.74) is 1.05. The van der Waals surface area contributed by atoms with Crippen molar-refractivity contribution in [3.63, 3.8) is 0 Å². The molecule has 1 aliphatic rings. The van der Waals surface area contributed by atoms with Gasteiger partial charge in [-0.05, 0) is 31.2 Å². The van der Waals surface area contributed by atoms with Crippen LogP contribution in [0.5, 0.6) is 0 Å². The van der Waals surface area contributed by atoms with E-state index in [9.17, 15) is 9.59 Å². The van der Waals surface area contributed by atoms with Gasteiger partial charge < -0.3 is 15.1 Å². The number of carbonyl (C=O) groups excluding carboxylic acids is 2. The Hall–Kier alpha value is -1.59. The molecule has 1 aliphatic heterocycles.